The molecule has 0 aliphatic carbocycles. The van der Waals surface area contributed by atoms with Gasteiger partial charge in [0.2, 0.25) is 0 Å². The number of nitrogens with zero attached hydrogens (tertiary/aromatic N) is 4. The first-order valence-corrected chi connectivity index (χ1v) is 5.33. The highest BCUT2D eigenvalue weighted by Gasteiger charge is 2.11. The Labute approximate surface area is 100 Å². The summed E-state index contributed by atoms with van der Waals surface area (Å²) in [6.45, 7) is 0. The summed E-state index contributed by atoms with van der Waals surface area (Å²) in [5.74, 6) is 0.0950. The molecule has 0 bridgehead atoms. The molecule has 0 saturated heterocycles. The van der Waals surface area contributed by atoms with Gasteiger partial charge in [-0.2, -0.15) is 0 Å². The predicted molar refractivity (Wildman–Crippen MR) is 61.5 cm³/mol. The average Bonchev–Trinajstić information content (AvgIpc) is 2.29. The number of hydrogen-bond donors (Lipinski definition) is 1. The van der Waals surface area contributed by atoms with Crippen molar-refractivity contribution in [2.24, 2.45) is 0 Å². The molecule has 7 nitrogen and oxygen atoms in total. The molecule has 2 rings (SSSR count). The van der Waals surface area contributed by atoms with Gasteiger partial charge in [-0.3, -0.25) is 10.1 Å². The third-order valence-electron chi connectivity index (χ3n) is 1.76. The molecule has 8 heteroatoms. The van der Waals surface area contributed by atoms with E-state index in [1.807, 2.05) is 0 Å². The van der Waals surface area contributed by atoms with Crippen LogP contribution in [0.3, 0.4) is 0 Å². The second-order valence-electron chi connectivity index (χ2n) is 2.98. The number of rotatable bonds is 3. The van der Waals surface area contributed by atoms with Crippen molar-refractivity contribution < 1.29 is 4.92 Å². The lowest BCUT2D eigenvalue weighted by atomic mass is 10.4. The Morgan fingerprint density at radius 2 is 2.00 bits per heavy atom. The van der Waals surface area contributed by atoms with E-state index in [4.69, 9.17) is 5.73 Å². The van der Waals surface area contributed by atoms with Crippen LogP contribution >= 0.6 is 11.8 Å². The lowest BCUT2D eigenvalue weighted by Gasteiger charge is -2.00. The van der Waals surface area contributed by atoms with Crippen LogP contribution in [-0.2, 0) is 0 Å². The second-order valence-corrected chi connectivity index (χ2v) is 3.97. The number of anilines is 1. The molecule has 0 aliphatic rings. The standard InChI is InChI=1S/C9H7N5O2S/c10-7-4-6(14(15)16)5-8(13-7)17-9-11-2-1-3-12-9/h1-5H,(H2,10,13). The van der Waals surface area contributed by atoms with Gasteiger partial charge in [0.25, 0.3) is 5.69 Å². The zero-order valence-electron chi connectivity index (χ0n) is 8.48. The summed E-state index contributed by atoms with van der Waals surface area (Å²) in [6, 6.07) is 4.21. The maximum absolute atomic E-state index is 10.6. The van der Waals surface area contributed by atoms with Crippen LogP contribution in [0.1, 0.15) is 0 Å². The molecule has 17 heavy (non-hydrogen) atoms. The van der Waals surface area contributed by atoms with Crippen LogP contribution in [0.2, 0.25) is 0 Å². The molecule has 0 amide bonds. The van der Waals surface area contributed by atoms with E-state index < -0.39 is 4.92 Å². The number of hydrogen-bond acceptors (Lipinski definition) is 7. The van der Waals surface area contributed by atoms with Gasteiger partial charge in [0.05, 0.1) is 11.0 Å². The molecule has 0 saturated carbocycles. The molecular weight excluding hydrogens is 242 g/mol. The lowest BCUT2D eigenvalue weighted by molar-refractivity contribution is -0.385. The first kappa shape index (κ1) is 11.3. The Balaban J connectivity index is 2.30. The van der Waals surface area contributed by atoms with Gasteiger partial charge < -0.3 is 5.73 Å². The van der Waals surface area contributed by atoms with Gasteiger partial charge in [-0.1, -0.05) is 0 Å². The maximum atomic E-state index is 10.6. The second kappa shape index (κ2) is 4.74. The summed E-state index contributed by atoms with van der Waals surface area (Å²) in [6.07, 6.45) is 3.16. The Bertz CT molecular complexity index is 548. The summed E-state index contributed by atoms with van der Waals surface area (Å²) in [4.78, 5) is 22.0. The van der Waals surface area contributed by atoms with Crippen LogP contribution in [0, 0.1) is 10.1 Å². The van der Waals surface area contributed by atoms with E-state index in [2.05, 4.69) is 15.0 Å². The molecular formula is C9H7N5O2S. The van der Waals surface area contributed by atoms with E-state index in [1.165, 1.54) is 12.1 Å². The van der Waals surface area contributed by atoms with E-state index >= 15 is 0 Å². The fourth-order valence-corrected chi connectivity index (χ4v) is 1.85. The number of pyridine rings is 1. The minimum Gasteiger partial charge on any atom is -0.383 e. The lowest BCUT2D eigenvalue weighted by Crippen LogP contribution is -1.96. The predicted octanol–water partition coefficient (Wildman–Crippen LogP) is 1.51. The molecule has 0 aliphatic heterocycles. The van der Waals surface area contributed by atoms with Crippen LogP contribution in [0.15, 0.2) is 40.8 Å². The van der Waals surface area contributed by atoms with Crippen molar-refractivity contribution in [2.75, 3.05) is 5.73 Å². The molecule has 2 N–H and O–H groups in total. The molecule has 0 unspecified atom stereocenters. The Kier molecular flexibility index (Phi) is 3.15. The Morgan fingerprint density at radius 3 is 2.65 bits per heavy atom. The van der Waals surface area contributed by atoms with E-state index in [1.54, 1.807) is 18.5 Å². The number of nitrogen functional groups attached to an aromatic ring is 1. The number of nitrogens with two attached hydrogens (primary N) is 1. The topological polar surface area (TPSA) is 108 Å². The molecule has 0 radical (unpaired) electrons. The third kappa shape index (κ3) is 2.88. The highest BCUT2D eigenvalue weighted by molar-refractivity contribution is 7.99. The van der Waals surface area contributed by atoms with Crippen LogP contribution < -0.4 is 5.73 Å². The van der Waals surface area contributed by atoms with Crippen LogP contribution in [0.25, 0.3) is 0 Å². The first-order valence-electron chi connectivity index (χ1n) is 4.52. The summed E-state index contributed by atoms with van der Waals surface area (Å²) in [7, 11) is 0. The summed E-state index contributed by atoms with van der Waals surface area (Å²) in [5.41, 5.74) is 5.38. The first-order chi connectivity index (χ1) is 8.15. The largest absolute Gasteiger partial charge is 0.383 e. The molecule has 2 heterocycles. The Morgan fingerprint density at radius 1 is 1.29 bits per heavy atom. The van der Waals surface area contributed by atoms with Gasteiger partial charge in [-0.25, -0.2) is 15.0 Å². The van der Waals surface area contributed by atoms with Crippen molar-refractivity contribution in [1.29, 1.82) is 0 Å². The zero-order valence-corrected chi connectivity index (χ0v) is 9.29. The SMILES string of the molecule is Nc1cc([N+](=O)[O-])cc(Sc2ncccn2)n1. The van der Waals surface area contributed by atoms with Gasteiger partial charge in [-0.05, 0) is 17.8 Å². The number of nitro groups is 1. The average molecular weight is 249 g/mol. The van der Waals surface area contributed by atoms with Crippen LogP contribution in [0.4, 0.5) is 11.5 Å². The fraction of sp³-hybridized carbons (Fsp3) is 0. The van der Waals surface area contributed by atoms with Gasteiger partial charge >= 0.3 is 0 Å². The third-order valence-corrected chi connectivity index (χ3v) is 2.57. The van der Waals surface area contributed by atoms with E-state index in [-0.39, 0.29) is 11.5 Å². The quantitative estimate of drug-likeness (QED) is 0.499. The summed E-state index contributed by atoms with van der Waals surface area (Å²) < 4.78 is 0. The molecule has 2 aromatic heterocycles. The van der Waals surface area contributed by atoms with Crippen molar-refractivity contribution in [2.45, 2.75) is 10.2 Å². The van der Waals surface area contributed by atoms with Crippen LogP contribution in [0.5, 0.6) is 0 Å². The van der Waals surface area contributed by atoms with Crippen molar-refractivity contribution >= 4 is 23.3 Å². The normalized spacial score (nSPS) is 10.1. The van der Waals surface area contributed by atoms with Gasteiger partial charge in [0.1, 0.15) is 10.8 Å². The molecule has 0 atom stereocenters. The Hall–Kier alpha value is -2.22. The minimum atomic E-state index is -0.520. The van der Waals surface area contributed by atoms with E-state index in [0.29, 0.717) is 10.2 Å². The van der Waals surface area contributed by atoms with Gasteiger partial charge in [0, 0.05) is 18.5 Å². The highest BCUT2D eigenvalue weighted by atomic mass is 32.2. The highest BCUT2D eigenvalue weighted by Crippen LogP contribution is 2.26. The van der Waals surface area contributed by atoms with E-state index in [9.17, 15) is 10.1 Å². The van der Waals surface area contributed by atoms with Crippen molar-refractivity contribution in [3.05, 3.63) is 40.7 Å². The zero-order chi connectivity index (χ0) is 12.3. The van der Waals surface area contributed by atoms with E-state index in [0.717, 1.165) is 11.8 Å². The minimum absolute atomic E-state index is 0.0950. The van der Waals surface area contributed by atoms with Crippen molar-refractivity contribution in [3.63, 3.8) is 0 Å². The van der Waals surface area contributed by atoms with Crippen molar-refractivity contribution in [1.82, 2.24) is 15.0 Å². The fourth-order valence-electron chi connectivity index (χ4n) is 1.10. The van der Waals surface area contributed by atoms with Gasteiger partial charge in [0.15, 0.2) is 5.16 Å². The number of aromatic nitrogens is 3. The molecule has 0 aromatic carbocycles. The van der Waals surface area contributed by atoms with Crippen LogP contribution in [-0.4, -0.2) is 19.9 Å². The van der Waals surface area contributed by atoms with Gasteiger partial charge in [-0.15, -0.1) is 0 Å². The van der Waals surface area contributed by atoms with Crippen molar-refractivity contribution in [3.8, 4) is 0 Å². The smallest absolute Gasteiger partial charge is 0.275 e. The summed E-state index contributed by atoms with van der Waals surface area (Å²) >= 11 is 1.12. The monoisotopic (exact) mass is 249 g/mol. The molecule has 0 spiro atoms. The molecule has 2 aromatic rings. The maximum Gasteiger partial charge on any atom is 0.275 e. The molecule has 86 valence electrons. The molecule has 0 fully saturated rings. The summed E-state index contributed by atoms with van der Waals surface area (Å²) in [5, 5.41) is 11.5.